The fraction of sp³-hybridized carbons (Fsp3) is 0.529. The van der Waals surface area contributed by atoms with Crippen LogP contribution in [0.1, 0.15) is 51.6 Å². The lowest BCUT2D eigenvalue weighted by Gasteiger charge is -2.32. The Kier molecular flexibility index (Phi) is 2.52. The molecule has 3 aliphatic rings. The number of methoxy groups -OCH3 is 1. The zero-order valence-electron chi connectivity index (χ0n) is 12.2. The third-order valence-electron chi connectivity index (χ3n) is 5.75. The number of aliphatic hydroxyl groups excluding tert-OH is 1. The van der Waals surface area contributed by atoms with Gasteiger partial charge >= 0.3 is 0 Å². The van der Waals surface area contributed by atoms with Crippen LogP contribution in [0.5, 0.6) is 0 Å². The van der Waals surface area contributed by atoms with Crippen molar-refractivity contribution in [2.45, 2.75) is 43.8 Å². The van der Waals surface area contributed by atoms with Crippen molar-refractivity contribution in [1.82, 2.24) is 0 Å². The molecule has 0 unspecified atom stereocenters. The number of ketones is 2. The molecule has 0 spiro atoms. The Hall–Kier alpha value is -1.52. The van der Waals surface area contributed by atoms with Crippen molar-refractivity contribution in [2.24, 2.45) is 5.92 Å². The van der Waals surface area contributed by atoms with Crippen molar-refractivity contribution < 1.29 is 19.4 Å². The number of benzene rings is 1. The summed E-state index contributed by atoms with van der Waals surface area (Å²) < 4.78 is 5.52. The smallest absolute Gasteiger partial charge is 0.167 e. The van der Waals surface area contributed by atoms with Gasteiger partial charge in [-0.15, -0.1) is 0 Å². The van der Waals surface area contributed by atoms with Crippen LogP contribution in [0.15, 0.2) is 12.1 Å². The second kappa shape index (κ2) is 4.02. The average molecular weight is 286 g/mol. The van der Waals surface area contributed by atoms with Gasteiger partial charge < -0.3 is 9.84 Å². The summed E-state index contributed by atoms with van der Waals surface area (Å²) >= 11 is 0. The van der Waals surface area contributed by atoms with E-state index in [1.807, 2.05) is 19.1 Å². The van der Waals surface area contributed by atoms with Gasteiger partial charge in [0.2, 0.25) is 0 Å². The quantitative estimate of drug-likeness (QED) is 0.853. The lowest BCUT2D eigenvalue weighted by Crippen LogP contribution is -2.40. The lowest BCUT2D eigenvalue weighted by atomic mass is 9.76. The highest BCUT2D eigenvalue weighted by molar-refractivity contribution is 6.10. The van der Waals surface area contributed by atoms with E-state index in [0.717, 1.165) is 16.7 Å². The minimum Gasteiger partial charge on any atom is -0.390 e. The van der Waals surface area contributed by atoms with E-state index >= 15 is 0 Å². The van der Waals surface area contributed by atoms with Crippen molar-refractivity contribution in [1.29, 1.82) is 0 Å². The maximum atomic E-state index is 12.9. The zero-order chi connectivity index (χ0) is 14.9. The normalized spacial score (nSPS) is 36.8. The van der Waals surface area contributed by atoms with Crippen LogP contribution in [0.4, 0.5) is 0 Å². The molecule has 110 valence electrons. The van der Waals surface area contributed by atoms with Gasteiger partial charge in [0.25, 0.3) is 0 Å². The van der Waals surface area contributed by atoms with Crippen LogP contribution in [0, 0.1) is 5.92 Å². The number of fused-ring (bicyclic) bond motifs is 5. The van der Waals surface area contributed by atoms with Crippen molar-refractivity contribution in [2.75, 3.05) is 7.11 Å². The van der Waals surface area contributed by atoms with E-state index < -0.39 is 11.5 Å². The van der Waals surface area contributed by atoms with Gasteiger partial charge in [-0.1, -0.05) is 19.1 Å². The molecular weight excluding hydrogens is 268 g/mol. The average Bonchev–Trinajstić information content (AvgIpc) is 3.02. The molecule has 0 aromatic heterocycles. The molecule has 3 aliphatic carbocycles. The van der Waals surface area contributed by atoms with Crippen molar-refractivity contribution in [3.8, 4) is 0 Å². The summed E-state index contributed by atoms with van der Waals surface area (Å²) in [5.74, 6) is -0.0292. The second-order valence-corrected chi connectivity index (χ2v) is 6.60. The van der Waals surface area contributed by atoms with Crippen LogP contribution in [-0.4, -0.2) is 36.0 Å². The number of Topliss-reactive ketones (excluding diaryl/α,β-unsaturated/α-hetero) is 2. The van der Waals surface area contributed by atoms with Crippen molar-refractivity contribution in [3.05, 3.63) is 34.4 Å². The third kappa shape index (κ3) is 1.37. The highest BCUT2D eigenvalue weighted by Crippen LogP contribution is 2.55. The first kappa shape index (κ1) is 13.2. The first-order chi connectivity index (χ1) is 10.00. The van der Waals surface area contributed by atoms with Gasteiger partial charge in [-0.25, -0.2) is 0 Å². The molecule has 0 saturated heterocycles. The Morgan fingerprint density at radius 3 is 2.76 bits per heavy atom. The van der Waals surface area contributed by atoms with Crippen LogP contribution in [0.3, 0.4) is 0 Å². The number of ether oxygens (including phenoxy) is 1. The number of rotatable bonds is 1. The minimum absolute atomic E-state index is 0.0812. The first-order valence-corrected chi connectivity index (χ1v) is 7.44. The maximum absolute atomic E-state index is 12.9. The highest BCUT2D eigenvalue weighted by atomic mass is 16.5. The van der Waals surface area contributed by atoms with Crippen LogP contribution >= 0.6 is 0 Å². The molecule has 0 aliphatic heterocycles. The molecule has 1 N–H and O–H groups in total. The van der Waals surface area contributed by atoms with Gasteiger partial charge in [0.1, 0.15) is 0 Å². The second-order valence-electron chi connectivity index (χ2n) is 6.60. The molecule has 4 rings (SSSR count). The summed E-state index contributed by atoms with van der Waals surface area (Å²) in [7, 11) is 1.58. The molecule has 1 saturated carbocycles. The predicted molar refractivity (Wildman–Crippen MR) is 75.7 cm³/mol. The molecule has 4 atom stereocenters. The number of aliphatic hydroxyl groups is 1. The zero-order valence-corrected chi connectivity index (χ0v) is 12.2. The third-order valence-corrected chi connectivity index (χ3v) is 5.75. The molecule has 1 aromatic rings. The van der Waals surface area contributed by atoms with Crippen LogP contribution in [-0.2, 0) is 16.6 Å². The summed E-state index contributed by atoms with van der Waals surface area (Å²) in [6, 6.07) is 3.75. The largest absolute Gasteiger partial charge is 0.390 e. The highest BCUT2D eigenvalue weighted by Gasteiger charge is 2.61. The van der Waals surface area contributed by atoms with E-state index in [2.05, 4.69) is 0 Å². The molecule has 0 radical (unpaired) electrons. The lowest BCUT2D eigenvalue weighted by molar-refractivity contribution is -0.0212. The maximum Gasteiger partial charge on any atom is 0.167 e. The van der Waals surface area contributed by atoms with Gasteiger partial charge in [-0.2, -0.15) is 0 Å². The van der Waals surface area contributed by atoms with E-state index in [4.69, 9.17) is 4.74 Å². The van der Waals surface area contributed by atoms with Crippen molar-refractivity contribution >= 4 is 11.6 Å². The minimum atomic E-state index is -0.614. The van der Waals surface area contributed by atoms with Crippen LogP contribution in [0.2, 0.25) is 0 Å². The van der Waals surface area contributed by atoms with Gasteiger partial charge in [-0.05, 0) is 24.0 Å². The topological polar surface area (TPSA) is 63.6 Å². The van der Waals surface area contributed by atoms with E-state index in [-0.39, 0.29) is 23.6 Å². The fourth-order valence-electron chi connectivity index (χ4n) is 4.78. The molecule has 0 amide bonds. The molecule has 1 aromatic carbocycles. The van der Waals surface area contributed by atoms with Crippen LogP contribution < -0.4 is 0 Å². The van der Waals surface area contributed by atoms with Crippen molar-refractivity contribution in [3.63, 3.8) is 0 Å². The molecule has 0 bridgehead atoms. The fourth-order valence-corrected chi connectivity index (χ4v) is 4.78. The number of hydrogen-bond acceptors (Lipinski definition) is 4. The standard InChI is InChI=1S/C17H18O4/c1-17-10-5-3-8-9(4-6-12(8)18)14(10)15(20)11(17)7-13(19)16(17)21-2/h3,5,11,13,16,19H,4,6-7H2,1-2H3/t11-,13+,16-,17+/m0/s1. The molecular formula is C17H18O4. The monoisotopic (exact) mass is 286 g/mol. The Morgan fingerprint density at radius 2 is 2.05 bits per heavy atom. The summed E-state index contributed by atoms with van der Waals surface area (Å²) in [6.45, 7) is 2.01. The van der Waals surface area contributed by atoms with E-state index in [1.165, 1.54) is 0 Å². The Balaban J connectivity index is 1.97. The Bertz CT molecular complexity index is 678. The van der Waals surface area contributed by atoms with Gasteiger partial charge in [0.05, 0.1) is 12.2 Å². The molecule has 1 fully saturated rings. The molecule has 4 heteroatoms. The summed E-state index contributed by atoms with van der Waals surface area (Å²) in [6.07, 6.45) is 0.605. The Labute approximate surface area is 123 Å². The number of hydrogen-bond donors (Lipinski definition) is 1. The molecule has 0 heterocycles. The Morgan fingerprint density at radius 1 is 1.29 bits per heavy atom. The van der Waals surface area contributed by atoms with E-state index in [1.54, 1.807) is 7.11 Å². The van der Waals surface area contributed by atoms with Crippen LogP contribution in [0.25, 0.3) is 0 Å². The van der Waals surface area contributed by atoms with E-state index in [9.17, 15) is 14.7 Å². The van der Waals surface area contributed by atoms with Gasteiger partial charge in [0.15, 0.2) is 11.6 Å². The SMILES string of the molecule is CO[C@H]1[C@H](O)C[C@H]2C(=O)c3c(ccc4c3CCC4=O)[C@]21C. The first-order valence-electron chi connectivity index (χ1n) is 7.44. The summed E-state index contributed by atoms with van der Waals surface area (Å²) in [5, 5.41) is 10.2. The predicted octanol–water partition coefficient (Wildman–Crippen LogP) is 1.67. The van der Waals surface area contributed by atoms with Gasteiger partial charge in [-0.3, -0.25) is 9.59 Å². The van der Waals surface area contributed by atoms with Gasteiger partial charge in [0, 0.05) is 36.0 Å². The summed E-state index contributed by atoms with van der Waals surface area (Å²) in [4.78, 5) is 24.8. The molecule has 21 heavy (non-hydrogen) atoms. The molecule has 4 nitrogen and oxygen atoms in total. The number of carbonyl (C=O) groups excluding carboxylic acids is 2. The van der Waals surface area contributed by atoms with E-state index in [0.29, 0.717) is 24.8 Å². The number of carbonyl (C=O) groups is 2. The summed E-state index contributed by atoms with van der Waals surface area (Å²) in [5.41, 5.74) is 2.83.